The third-order valence-corrected chi connectivity index (χ3v) is 5.11. The lowest BCUT2D eigenvalue weighted by Gasteiger charge is -2.12. The highest BCUT2D eigenvalue weighted by Crippen LogP contribution is 2.33. The lowest BCUT2D eigenvalue weighted by molar-refractivity contribution is -0.139. The van der Waals surface area contributed by atoms with Crippen LogP contribution in [0.2, 0.25) is 0 Å². The zero-order chi connectivity index (χ0) is 17.7. The van der Waals surface area contributed by atoms with Crippen molar-refractivity contribution in [2.75, 3.05) is 13.7 Å². The number of halogens is 2. The van der Waals surface area contributed by atoms with Crippen molar-refractivity contribution < 1.29 is 19.4 Å². The number of aliphatic carboxylic acids is 1. The van der Waals surface area contributed by atoms with E-state index < -0.39 is 12.6 Å². The first-order valence-corrected chi connectivity index (χ1v) is 9.09. The van der Waals surface area contributed by atoms with Gasteiger partial charge in [-0.3, -0.25) is 4.99 Å². The zero-order valence-electron chi connectivity index (χ0n) is 13.0. The first-order valence-electron chi connectivity index (χ1n) is 6.93. The third kappa shape index (κ3) is 5.07. The van der Waals surface area contributed by atoms with Gasteiger partial charge >= 0.3 is 5.97 Å². The van der Waals surface area contributed by atoms with Gasteiger partial charge in [0.1, 0.15) is 0 Å². The summed E-state index contributed by atoms with van der Waals surface area (Å²) >= 11 is 4.37. The topological polar surface area (TPSA) is 68.1 Å². The van der Waals surface area contributed by atoms with Crippen molar-refractivity contribution in [2.24, 2.45) is 4.99 Å². The molecule has 0 amide bonds. The Hall–Kier alpha value is -1.36. The second-order valence-corrected chi connectivity index (χ2v) is 7.23. The number of nitrogens with zero attached hydrogens (tertiary/aromatic N) is 1. The van der Waals surface area contributed by atoms with E-state index in [1.807, 2.05) is 31.2 Å². The van der Waals surface area contributed by atoms with Crippen molar-refractivity contribution >= 4 is 63.1 Å². The van der Waals surface area contributed by atoms with Crippen LogP contribution in [0.4, 0.5) is 5.69 Å². The second kappa shape index (κ2) is 8.65. The van der Waals surface area contributed by atoms with Crippen LogP contribution in [0.5, 0.6) is 11.5 Å². The van der Waals surface area contributed by atoms with Crippen molar-refractivity contribution in [1.29, 1.82) is 0 Å². The minimum absolute atomic E-state index is 0.415. The standard InChI is InChI=1S/C17H15I2NO4/c1-10-5-12(3-4-13(10)18)20-8-11-6-14(19)17(15(7-11)23-2)24-9-16(21)22/h3-8H,9H2,1-2H3,(H,21,22). The van der Waals surface area contributed by atoms with Gasteiger partial charge in [0.05, 0.1) is 16.4 Å². The molecule has 0 saturated carbocycles. The molecule has 1 N–H and O–H groups in total. The van der Waals surface area contributed by atoms with E-state index >= 15 is 0 Å². The van der Waals surface area contributed by atoms with Crippen molar-refractivity contribution in [2.45, 2.75) is 6.92 Å². The minimum atomic E-state index is -1.03. The van der Waals surface area contributed by atoms with E-state index in [4.69, 9.17) is 14.6 Å². The molecular weight excluding hydrogens is 536 g/mol. The summed E-state index contributed by atoms with van der Waals surface area (Å²) in [6.07, 6.45) is 1.74. The molecule has 0 atom stereocenters. The first-order chi connectivity index (χ1) is 11.4. The van der Waals surface area contributed by atoms with E-state index in [9.17, 15) is 4.79 Å². The smallest absolute Gasteiger partial charge is 0.341 e. The number of rotatable bonds is 6. The normalized spacial score (nSPS) is 10.8. The van der Waals surface area contributed by atoms with Gasteiger partial charge in [0.2, 0.25) is 0 Å². The van der Waals surface area contributed by atoms with Crippen LogP contribution in [0.25, 0.3) is 0 Å². The Morgan fingerprint density at radius 3 is 2.62 bits per heavy atom. The van der Waals surface area contributed by atoms with Crippen molar-refractivity contribution in [1.82, 2.24) is 0 Å². The van der Waals surface area contributed by atoms with Crippen molar-refractivity contribution in [3.63, 3.8) is 0 Å². The largest absolute Gasteiger partial charge is 0.493 e. The van der Waals surface area contributed by atoms with Gasteiger partial charge in [-0.1, -0.05) is 0 Å². The molecule has 0 aliphatic rings. The summed E-state index contributed by atoms with van der Waals surface area (Å²) in [7, 11) is 1.52. The summed E-state index contributed by atoms with van der Waals surface area (Å²) in [5, 5.41) is 8.75. The molecule has 126 valence electrons. The Morgan fingerprint density at radius 1 is 1.25 bits per heavy atom. The van der Waals surface area contributed by atoms with E-state index in [2.05, 4.69) is 50.2 Å². The molecule has 0 fully saturated rings. The lowest BCUT2D eigenvalue weighted by atomic mass is 10.2. The molecule has 2 rings (SSSR count). The van der Waals surface area contributed by atoms with Crippen LogP contribution in [-0.2, 0) is 4.79 Å². The Labute approximate surface area is 167 Å². The molecule has 0 bridgehead atoms. The van der Waals surface area contributed by atoms with Crippen LogP contribution in [0.15, 0.2) is 35.3 Å². The maximum absolute atomic E-state index is 10.7. The number of aryl methyl sites for hydroxylation is 1. The van der Waals surface area contributed by atoms with E-state index in [0.717, 1.165) is 14.8 Å². The predicted molar refractivity (Wildman–Crippen MR) is 110 cm³/mol. The van der Waals surface area contributed by atoms with Crippen LogP contribution in [0.3, 0.4) is 0 Å². The summed E-state index contributed by atoms with van der Waals surface area (Å²) < 4.78 is 12.5. The van der Waals surface area contributed by atoms with Crippen LogP contribution >= 0.6 is 45.2 Å². The number of aliphatic imine (C=N–C) groups is 1. The van der Waals surface area contributed by atoms with Gasteiger partial charge in [-0.2, -0.15) is 0 Å². The van der Waals surface area contributed by atoms with Gasteiger partial charge in [0.15, 0.2) is 18.1 Å². The molecule has 0 aliphatic heterocycles. The number of carboxylic acid groups (broad SMARTS) is 1. The fourth-order valence-corrected chi connectivity index (χ4v) is 3.06. The Morgan fingerprint density at radius 2 is 2.00 bits per heavy atom. The van der Waals surface area contributed by atoms with Crippen molar-refractivity contribution in [3.8, 4) is 11.5 Å². The molecule has 5 nitrogen and oxygen atoms in total. The van der Waals surface area contributed by atoms with Gasteiger partial charge in [-0.05, 0) is 93.6 Å². The van der Waals surface area contributed by atoms with Crippen LogP contribution < -0.4 is 9.47 Å². The Kier molecular flexibility index (Phi) is 6.84. The lowest BCUT2D eigenvalue weighted by Crippen LogP contribution is -2.11. The van der Waals surface area contributed by atoms with Gasteiger partial charge in [-0.25, -0.2) is 4.79 Å². The maximum Gasteiger partial charge on any atom is 0.341 e. The maximum atomic E-state index is 10.7. The van der Waals surface area contributed by atoms with E-state index in [0.29, 0.717) is 11.5 Å². The number of ether oxygens (including phenoxy) is 2. The van der Waals surface area contributed by atoms with Crippen LogP contribution in [-0.4, -0.2) is 31.0 Å². The van der Waals surface area contributed by atoms with E-state index in [1.54, 1.807) is 12.3 Å². The Balaban J connectivity index is 2.27. The van der Waals surface area contributed by atoms with Gasteiger partial charge in [0.25, 0.3) is 0 Å². The number of carboxylic acids is 1. The van der Waals surface area contributed by atoms with E-state index in [-0.39, 0.29) is 0 Å². The van der Waals surface area contributed by atoms with Crippen LogP contribution in [0, 0.1) is 14.1 Å². The zero-order valence-corrected chi connectivity index (χ0v) is 17.4. The Bertz CT molecular complexity index is 790. The number of hydrogen-bond acceptors (Lipinski definition) is 4. The summed E-state index contributed by atoms with van der Waals surface area (Å²) in [4.78, 5) is 15.1. The minimum Gasteiger partial charge on any atom is -0.493 e. The quantitative estimate of drug-likeness (QED) is 0.427. The fraction of sp³-hybridized carbons (Fsp3) is 0.176. The highest BCUT2D eigenvalue weighted by Gasteiger charge is 2.12. The average Bonchev–Trinajstić information content (AvgIpc) is 2.54. The van der Waals surface area contributed by atoms with Gasteiger partial charge < -0.3 is 14.6 Å². The molecule has 0 saturated heterocycles. The molecule has 0 aliphatic carbocycles. The van der Waals surface area contributed by atoms with Gasteiger partial charge in [0, 0.05) is 9.78 Å². The fourth-order valence-electron chi connectivity index (χ4n) is 1.95. The third-order valence-electron chi connectivity index (χ3n) is 3.10. The monoisotopic (exact) mass is 551 g/mol. The molecule has 0 heterocycles. The second-order valence-electron chi connectivity index (χ2n) is 4.91. The molecule has 7 heteroatoms. The molecule has 0 aromatic heterocycles. The highest BCUT2D eigenvalue weighted by atomic mass is 127. The summed E-state index contributed by atoms with van der Waals surface area (Å²) in [5.41, 5.74) is 2.89. The number of methoxy groups -OCH3 is 1. The summed E-state index contributed by atoms with van der Waals surface area (Å²) in [5.74, 6) is -0.140. The first kappa shape index (κ1) is 19.0. The molecule has 2 aromatic carbocycles. The number of carbonyl (C=O) groups is 1. The molecule has 2 aromatic rings. The average molecular weight is 551 g/mol. The number of hydrogen-bond donors (Lipinski definition) is 1. The molecule has 0 radical (unpaired) electrons. The van der Waals surface area contributed by atoms with Crippen molar-refractivity contribution in [3.05, 3.63) is 48.6 Å². The molecule has 0 spiro atoms. The van der Waals surface area contributed by atoms with Gasteiger partial charge in [-0.15, -0.1) is 0 Å². The summed E-state index contributed by atoms with van der Waals surface area (Å²) in [6, 6.07) is 9.63. The SMILES string of the molecule is COc1cc(C=Nc2ccc(I)c(C)c2)cc(I)c1OCC(=O)O. The summed E-state index contributed by atoms with van der Waals surface area (Å²) in [6.45, 7) is 1.63. The number of benzene rings is 2. The molecule has 24 heavy (non-hydrogen) atoms. The highest BCUT2D eigenvalue weighted by molar-refractivity contribution is 14.1. The predicted octanol–water partition coefficient (Wildman–Crippen LogP) is 4.43. The molecule has 0 unspecified atom stereocenters. The van der Waals surface area contributed by atoms with E-state index in [1.165, 1.54) is 16.2 Å². The van der Waals surface area contributed by atoms with Crippen LogP contribution in [0.1, 0.15) is 11.1 Å². The molecular formula is C17H15I2NO4.